The summed E-state index contributed by atoms with van der Waals surface area (Å²) in [5.74, 6) is 4.39. The average molecular weight is 191 g/mol. The highest BCUT2D eigenvalue weighted by atomic mass is 16.7. The largest absolute Gasteiger partial charge is 0.354 e. The van der Waals surface area contributed by atoms with Crippen molar-refractivity contribution in [2.24, 2.45) is 5.90 Å². The zero-order valence-corrected chi connectivity index (χ0v) is 9.00. The van der Waals surface area contributed by atoms with E-state index in [4.69, 9.17) is 15.4 Å². The Labute approximate surface area is 80.3 Å². The van der Waals surface area contributed by atoms with Crippen molar-refractivity contribution in [1.82, 2.24) is 0 Å². The Kier molecular flexibility index (Phi) is 6.24. The summed E-state index contributed by atoms with van der Waals surface area (Å²) in [7, 11) is 1.63. The molecule has 0 radical (unpaired) electrons. The van der Waals surface area contributed by atoms with E-state index in [0.29, 0.717) is 6.61 Å². The highest BCUT2D eigenvalue weighted by molar-refractivity contribution is 4.58. The van der Waals surface area contributed by atoms with Gasteiger partial charge in [0.1, 0.15) is 0 Å². The van der Waals surface area contributed by atoms with Crippen LogP contribution in [0.4, 0.5) is 0 Å². The van der Waals surface area contributed by atoms with Crippen LogP contribution in [-0.2, 0) is 14.3 Å². The summed E-state index contributed by atoms with van der Waals surface area (Å²) < 4.78 is 10.8. The first-order chi connectivity index (χ1) is 6.02. The monoisotopic (exact) mass is 191 g/mol. The molecule has 0 rings (SSSR count). The van der Waals surface area contributed by atoms with E-state index in [2.05, 4.69) is 4.84 Å². The molecule has 13 heavy (non-hydrogen) atoms. The predicted octanol–water partition coefficient (Wildman–Crippen LogP) is 1.44. The minimum absolute atomic E-state index is 0.157. The van der Waals surface area contributed by atoms with Crippen LogP contribution in [0.2, 0.25) is 0 Å². The molecule has 0 aliphatic rings. The molecule has 0 bridgehead atoms. The second-order valence-electron chi connectivity index (χ2n) is 3.55. The van der Waals surface area contributed by atoms with E-state index >= 15 is 0 Å². The lowest BCUT2D eigenvalue weighted by Gasteiger charge is -2.27. The van der Waals surface area contributed by atoms with Gasteiger partial charge in [-0.25, -0.2) is 5.90 Å². The summed E-state index contributed by atoms with van der Waals surface area (Å²) >= 11 is 0. The summed E-state index contributed by atoms with van der Waals surface area (Å²) in [4.78, 5) is 4.46. The fourth-order valence-electron chi connectivity index (χ4n) is 1.05. The van der Waals surface area contributed by atoms with E-state index < -0.39 is 5.79 Å². The first-order valence-corrected chi connectivity index (χ1v) is 4.56. The maximum Gasteiger partial charge on any atom is 0.162 e. The van der Waals surface area contributed by atoms with Crippen LogP contribution in [0, 0.1) is 0 Å². The molecular weight excluding hydrogens is 170 g/mol. The molecule has 1 unspecified atom stereocenters. The van der Waals surface area contributed by atoms with Crippen molar-refractivity contribution in [3.8, 4) is 0 Å². The topological polar surface area (TPSA) is 53.7 Å². The van der Waals surface area contributed by atoms with E-state index in [9.17, 15) is 0 Å². The van der Waals surface area contributed by atoms with Crippen LogP contribution >= 0.6 is 0 Å². The van der Waals surface area contributed by atoms with E-state index in [1.807, 2.05) is 20.8 Å². The van der Waals surface area contributed by atoms with E-state index in [-0.39, 0.29) is 6.10 Å². The summed E-state index contributed by atoms with van der Waals surface area (Å²) in [6.07, 6.45) is 1.98. The quantitative estimate of drug-likeness (QED) is 0.376. The molecule has 4 nitrogen and oxygen atoms in total. The van der Waals surface area contributed by atoms with Crippen molar-refractivity contribution < 1.29 is 14.3 Å². The zero-order valence-electron chi connectivity index (χ0n) is 9.00. The molecule has 2 N–H and O–H groups in total. The number of hydrogen-bond acceptors (Lipinski definition) is 4. The summed E-state index contributed by atoms with van der Waals surface area (Å²) in [6.45, 7) is 6.37. The van der Waals surface area contributed by atoms with Gasteiger partial charge in [-0.3, -0.25) is 0 Å². The zero-order chi connectivity index (χ0) is 10.3. The second kappa shape index (κ2) is 6.32. The van der Waals surface area contributed by atoms with Crippen molar-refractivity contribution >= 4 is 0 Å². The molecule has 0 amide bonds. The predicted molar refractivity (Wildman–Crippen MR) is 51.0 cm³/mol. The molecule has 0 saturated heterocycles. The lowest BCUT2D eigenvalue weighted by molar-refractivity contribution is -0.221. The Bertz CT molecular complexity index is 128. The van der Waals surface area contributed by atoms with Crippen molar-refractivity contribution in [2.45, 2.75) is 45.5 Å². The molecule has 80 valence electrons. The molecule has 0 heterocycles. The Balaban J connectivity index is 3.55. The van der Waals surface area contributed by atoms with Crippen LogP contribution < -0.4 is 5.90 Å². The van der Waals surface area contributed by atoms with Crippen LogP contribution in [0.15, 0.2) is 0 Å². The Morgan fingerprint density at radius 3 is 2.46 bits per heavy atom. The number of hydrogen-bond donors (Lipinski definition) is 1. The smallest absolute Gasteiger partial charge is 0.162 e. The molecule has 0 aromatic rings. The third-order valence-electron chi connectivity index (χ3n) is 1.85. The van der Waals surface area contributed by atoms with Gasteiger partial charge >= 0.3 is 0 Å². The van der Waals surface area contributed by atoms with Gasteiger partial charge in [-0.15, -0.1) is 0 Å². The van der Waals surface area contributed by atoms with Crippen LogP contribution in [0.3, 0.4) is 0 Å². The van der Waals surface area contributed by atoms with Gasteiger partial charge in [0.25, 0.3) is 0 Å². The van der Waals surface area contributed by atoms with Crippen molar-refractivity contribution in [3.05, 3.63) is 0 Å². The van der Waals surface area contributed by atoms with Gasteiger partial charge in [-0.1, -0.05) is 0 Å². The van der Waals surface area contributed by atoms with Gasteiger partial charge in [0.15, 0.2) is 5.79 Å². The third-order valence-corrected chi connectivity index (χ3v) is 1.85. The van der Waals surface area contributed by atoms with Crippen LogP contribution in [0.25, 0.3) is 0 Å². The molecule has 0 aromatic heterocycles. The third kappa shape index (κ3) is 6.95. The Hall–Kier alpha value is -0.160. The molecule has 1 atom stereocenters. The average Bonchev–Trinajstić information content (AvgIpc) is 2.04. The Morgan fingerprint density at radius 2 is 2.00 bits per heavy atom. The summed E-state index contributed by atoms with van der Waals surface area (Å²) in [5, 5.41) is 0. The first kappa shape index (κ1) is 12.8. The van der Waals surface area contributed by atoms with Gasteiger partial charge in [-0.2, -0.15) is 0 Å². The van der Waals surface area contributed by atoms with Crippen molar-refractivity contribution in [3.63, 3.8) is 0 Å². The first-order valence-electron chi connectivity index (χ1n) is 4.56. The van der Waals surface area contributed by atoms with Gasteiger partial charge in [0.2, 0.25) is 0 Å². The molecule has 4 heteroatoms. The van der Waals surface area contributed by atoms with Gasteiger partial charge in [0.05, 0.1) is 12.7 Å². The van der Waals surface area contributed by atoms with Gasteiger partial charge < -0.3 is 14.3 Å². The maximum absolute atomic E-state index is 5.61. The highest BCUT2D eigenvalue weighted by Crippen LogP contribution is 2.15. The van der Waals surface area contributed by atoms with E-state index in [1.54, 1.807) is 7.11 Å². The van der Waals surface area contributed by atoms with Crippen LogP contribution in [0.1, 0.15) is 33.6 Å². The minimum Gasteiger partial charge on any atom is -0.354 e. The number of methoxy groups -OCH3 is 1. The Morgan fingerprint density at radius 1 is 1.38 bits per heavy atom. The lowest BCUT2D eigenvalue weighted by atomic mass is 10.2. The summed E-state index contributed by atoms with van der Waals surface area (Å²) in [6, 6.07) is 0. The number of rotatable bonds is 7. The van der Waals surface area contributed by atoms with Gasteiger partial charge in [-0.05, 0) is 33.6 Å². The standard InChI is InChI=1S/C9H21NO3/c1-8(6-5-7-12-10)13-9(2,3)11-4/h8H,5-7,10H2,1-4H3. The molecule has 0 aromatic carbocycles. The summed E-state index contributed by atoms with van der Waals surface area (Å²) in [5.41, 5.74) is 0. The molecular formula is C9H21NO3. The van der Waals surface area contributed by atoms with Crippen LogP contribution in [0.5, 0.6) is 0 Å². The fourth-order valence-corrected chi connectivity index (χ4v) is 1.05. The molecule has 0 aliphatic carbocycles. The number of ether oxygens (including phenoxy) is 2. The SMILES string of the molecule is COC(C)(C)OC(C)CCCON. The fraction of sp³-hybridized carbons (Fsp3) is 1.00. The van der Waals surface area contributed by atoms with E-state index in [1.165, 1.54) is 0 Å². The van der Waals surface area contributed by atoms with Crippen LogP contribution in [-0.4, -0.2) is 25.6 Å². The highest BCUT2D eigenvalue weighted by Gasteiger charge is 2.19. The normalized spacial score (nSPS) is 14.5. The van der Waals surface area contributed by atoms with Crippen molar-refractivity contribution in [1.29, 1.82) is 0 Å². The second-order valence-corrected chi connectivity index (χ2v) is 3.55. The molecule has 0 fully saturated rings. The van der Waals surface area contributed by atoms with Gasteiger partial charge in [0, 0.05) is 7.11 Å². The molecule has 0 spiro atoms. The molecule has 0 saturated carbocycles. The van der Waals surface area contributed by atoms with E-state index in [0.717, 1.165) is 12.8 Å². The number of nitrogens with two attached hydrogens (primary N) is 1. The minimum atomic E-state index is -0.511. The maximum atomic E-state index is 5.61. The lowest BCUT2D eigenvalue weighted by Crippen LogP contribution is -2.31. The molecule has 0 aliphatic heterocycles. The van der Waals surface area contributed by atoms with Crippen molar-refractivity contribution in [2.75, 3.05) is 13.7 Å².